The lowest BCUT2D eigenvalue weighted by Gasteiger charge is -2.29. The molecule has 6 nitrogen and oxygen atoms in total. The largest absolute Gasteiger partial charge is 0.302 e. The first-order valence-corrected chi connectivity index (χ1v) is 12.4. The Labute approximate surface area is 167 Å². The fraction of sp³-hybridized carbons (Fsp3) is 0.556. The Balaban J connectivity index is 1.35. The van der Waals surface area contributed by atoms with Gasteiger partial charge in [-0.05, 0) is 49.5 Å². The molecule has 0 radical (unpaired) electrons. The highest BCUT2D eigenvalue weighted by Crippen LogP contribution is 2.33. The first-order valence-electron chi connectivity index (χ1n) is 9.26. The first kappa shape index (κ1) is 19.0. The number of carbonyl (C=O) groups is 1. The van der Waals surface area contributed by atoms with Crippen molar-refractivity contribution in [2.45, 2.75) is 43.2 Å². The molecular formula is C18H23N3O3S3. The van der Waals surface area contributed by atoms with Gasteiger partial charge in [0.25, 0.3) is 10.0 Å². The predicted octanol–water partition coefficient (Wildman–Crippen LogP) is 3.37. The van der Waals surface area contributed by atoms with Crippen molar-refractivity contribution >= 4 is 43.7 Å². The van der Waals surface area contributed by atoms with Crippen LogP contribution in [0.25, 0.3) is 0 Å². The third kappa shape index (κ3) is 3.96. The highest BCUT2D eigenvalue weighted by molar-refractivity contribution is 7.91. The van der Waals surface area contributed by atoms with Crippen LogP contribution in [0.2, 0.25) is 0 Å². The molecule has 0 spiro atoms. The van der Waals surface area contributed by atoms with E-state index >= 15 is 0 Å². The molecule has 2 aromatic rings. The number of hydrogen-bond acceptors (Lipinski definition) is 6. The molecule has 1 saturated heterocycles. The maximum atomic E-state index is 12.6. The summed E-state index contributed by atoms with van der Waals surface area (Å²) >= 11 is 2.82. The number of amides is 1. The second kappa shape index (κ2) is 7.62. The zero-order valence-corrected chi connectivity index (χ0v) is 17.6. The van der Waals surface area contributed by atoms with Crippen LogP contribution in [0.1, 0.15) is 36.8 Å². The van der Waals surface area contributed by atoms with E-state index in [1.54, 1.807) is 28.8 Å². The fourth-order valence-electron chi connectivity index (χ4n) is 3.70. The number of aromatic nitrogens is 1. The van der Waals surface area contributed by atoms with E-state index in [4.69, 9.17) is 0 Å². The normalized spacial score (nSPS) is 21.7. The van der Waals surface area contributed by atoms with Gasteiger partial charge in [-0.15, -0.1) is 22.7 Å². The Morgan fingerprint density at radius 1 is 1.30 bits per heavy atom. The highest BCUT2D eigenvalue weighted by Gasteiger charge is 2.33. The molecule has 0 saturated carbocycles. The van der Waals surface area contributed by atoms with E-state index < -0.39 is 10.0 Å². The minimum Gasteiger partial charge on any atom is -0.302 e. The monoisotopic (exact) mass is 425 g/mol. The number of rotatable bonds is 4. The smallest absolute Gasteiger partial charge is 0.252 e. The molecule has 2 aromatic heterocycles. The average molecular weight is 426 g/mol. The molecule has 1 amide bonds. The SMILES string of the molecule is CC1CCc2nc(NC(=O)C3CCN(S(=O)(=O)c4cccs4)CC3)sc2C1. The maximum Gasteiger partial charge on any atom is 0.252 e. The molecule has 0 bridgehead atoms. The highest BCUT2D eigenvalue weighted by atomic mass is 32.2. The first-order chi connectivity index (χ1) is 12.9. The van der Waals surface area contributed by atoms with E-state index in [0.29, 0.717) is 41.2 Å². The molecule has 1 fully saturated rings. The van der Waals surface area contributed by atoms with E-state index in [1.807, 2.05) is 0 Å². The summed E-state index contributed by atoms with van der Waals surface area (Å²) in [5.41, 5.74) is 1.13. The number of piperidine rings is 1. The van der Waals surface area contributed by atoms with Gasteiger partial charge in [0, 0.05) is 23.9 Å². The molecule has 9 heteroatoms. The molecule has 1 aliphatic heterocycles. The van der Waals surface area contributed by atoms with Gasteiger partial charge in [-0.2, -0.15) is 4.31 Å². The second-order valence-corrected chi connectivity index (χ2v) is 11.5. The van der Waals surface area contributed by atoms with Gasteiger partial charge in [0.1, 0.15) is 4.21 Å². The number of sulfonamides is 1. The fourth-order valence-corrected chi connectivity index (χ4v) is 7.49. The van der Waals surface area contributed by atoms with E-state index in [0.717, 1.165) is 25.0 Å². The number of nitrogens with one attached hydrogen (secondary N) is 1. The minimum absolute atomic E-state index is 0.0395. The lowest BCUT2D eigenvalue weighted by atomic mass is 9.93. The summed E-state index contributed by atoms with van der Waals surface area (Å²) in [6, 6.07) is 3.37. The van der Waals surface area contributed by atoms with Crippen LogP contribution in [0.3, 0.4) is 0 Å². The Morgan fingerprint density at radius 2 is 2.07 bits per heavy atom. The summed E-state index contributed by atoms with van der Waals surface area (Å²) in [4.78, 5) is 18.5. The molecular weight excluding hydrogens is 402 g/mol. The van der Waals surface area contributed by atoms with Crippen LogP contribution in [-0.2, 0) is 27.7 Å². The van der Waals surface area contributed by atoms with Crippen molar-refractivity contribution in [1.29, 1.82) is 0 Å². The molecule has 146 valence electrons. The Bertz CT molecular complexity index is 913. The summed E-state index contributed by atoms with van der Waals surface area (Å²) < 4.78 is 27.0. The quantitative estimate of drug-likeness (QED) is 0.815. The summed E-state index contributed by atoms with van der Waals surface area (Å²) in [6.07, 6.45) is 4.27. The predicted molar refractivity (Wildman–Crippen MR) is 108 cm³/mol. The molecule has 1 aliphatic carbocycles. The molecule has 0 aromatic carbocycles. The van der Waals surface area contributed by atoms with Gasteiger partial charge in [0.2, 0.25) is 5.91 Å². The zero-order chi connectivity index (χ0) is 19.0. The van der Waals surface area contributed by atoms with Gasteiger partial charge in [-0.1, -0.05) is 13.0 Å². The van der Waals surface area contributed by atoms with Gasteiger partial charge in [-0.25, -0.2) is 13.4 Å². The van der Waals surface area contributed by atoms with Crippen molar-refractivity contribution in [2.75, 3.05) is 18.4 Å². The third-order valence-electron chi connectivity index (χ3n) is 5.33. The van der Waals surface area contributed by atoms with Crippen molar-refractivity contribution < 1.29 is 13.2 Å². The van der Waals surface area contributed by atoms with E-state index in [2.05, 4.69) is 17.2 Å². The summed E-state index contributed by atoms with van der Waals surface area (Å²) in [6.45, 7) is 3.01. The minimum atomic E-state index is -3.42. The molecule has 1 N–H and O–H groups in total. The lowest BCUT2D eigenvalue weighted by molar-refractivity contribution is -0.120. The van der Waals surface area contributed by atoms with Crippen LogP contribution < -0.4 is 5.32 Å². The molecule has 27 heavy (non-hydrogen) atoms. The van der Waals surface area contributed by atoms with Gasteiger partial charge >= 0.3 is 0 Å². The van der Waals surface area contributed by atoms with Gasteiger partial charge in [-0.3, -0.25) is 4.79 Å². The summed E-state index contributed by atoms with van der Waals surface area (Å²) in [5, 5.41) is 5.42. The molecule has 3 heterocycles. The maximum absolute atomic E-state index is 12.6. The topological polar surface area (TPSA) is 79.4 Å². The second-order valence-electron chi connectivity index (χ2n) is 7.34. The number of thiophene rings is 1. The van der Waals surface area contributed by atoms with E-state index in [-0.39, 0.29) is 11.8 Å². The third-order valence-corrected chi connectivity index (χ3v) is 9.64. The van der Waals surface area contributed by atoms with E-state index in [1.165, 1.54) is 20.5 Å². The van der Waals surface area contributed by atoms with Crippen LogP contribution in [0.15, 0.2) is 21.7 Å². The van der Waals surface area contributed by atoms with Crippen molar-refractivity contribution in [1.82, 2.24) is 9.29 Å². The number of fused-ring (bicyclic) bond motifs is 1. The van der Waals surface area contributed by atoms with Crippen LogP contribution in [0, 0.1) is 11.8 Å². The summed E-state index contributed by atoms with van der Waals surface area (Å²) in [7, 11) is -3.42. The Kier molecular flexibility index (Phi) is 5.37. The average Bonchev–Trinajstić information content (AvgIpc) is 3.31. The molecule has 4 rings (SSSR count). The van der Waals surface area contributed by atoms with Crippen LogP contribution in [0.5, 0.6) is 0 Å². The van der Waals surface area contributed by atoms with Crippen molar-refractivity contribution in [2.24, 2.45) is 11.8 Å². The van der Waals surface area contributed by atoms with E-state index in [9.17, 15) is 13.2 Å². The number of thiazole rings is 1. The summed E-state index contributed by atoms with van der Waals surface area (Å²) in [5.74, 6) is 0.470. The molecule has 1 unspecified atom stereocenters. The van der Waals surface area contributed by atoms with Gasteiger partial charge < -0.3 is 5.32 Å². The molecule has 2 aliphatic rings. The number of hydrogen-bond donors (Lipinski definition) is 1. The molecule has 1 atom stereocenters. The lowest BCUT2D eigenvalue weighted by Crippen LogP contribution is -2.41. The van der Waals surface area contributed by atoms with Crippen molar-refractivity contribution in [3.63, 3.8) is 0 Å². The Morgan fingerprint density at radius 3 is 2.78 bits per heavy atom. The zero-order valence-electron chi connectivity index (χ0n) is 15.2. The van der Waals surface area contributed by atoms with Gasteiger partial charge in [0.15, 0.2) is 5.13 Å². The van der Waals surface area contributed by atoms with Gasteiger partial charge in [0.05, 0.1) is 5.69 Å². The van der Waals surface area contributed by atoms with Crippen LogP contribution in [-0.4, -0.2) is 36.7 Å². The van der Waals surface area contributed by atoms with Crippen LogP contribution in [0.4, 0.5) is 5.13 Å². The van der Waals surface area contributed by atoms with Crippen molar-refractivity contribution in [3.05, 3.63) is 28.1 Å². The standard InChI is InChI=1S/C18H23N3O3S3/c1-12-4-5-14-15(11-12)26-18(19-14)20-17(22)13-6-8-21(9-7-13)27(23,24)16-3-2-10-25-16/h2-3,10,12-13H,4-9,11H2,1H3,(H,19,20,22). The number of nitrogens with zero attached hydrogens (tertiary/aromatic N) is 2. The number of anilines is 1. The number of aryl methyl sites for hydroxylation is 1. The number of carbonyl (C=O) groups excluding carboxylic acids is 1. The van der Waals surface area contributed by atoms with Crippen molar-refractivity contribution in [3.8, 4) is 0 Å². The van der Waals surface area contributed by atoms with Crippen LogP contribution >= 0.6 is 22.7 Å². The Hall–Kier alpha value is -1.29.